The summed E-state index contributed by atoms with van der Waals surface area (Å²) in [5.41, 5.74) is 1.17. The van der Waals surface area contributed by atoms with Gasteiger partial charge < -0.3 is 19.7 Å². The molecule has 2 rings (SSSR count). The van der Waals surface area contributed by atoms with E-state index in [1.54, 1.807) is 0 Å². The molecule has 1 heterocycles. The first-order chi connectivity index (χ1) is 7.65. The third-order valence-electron chi connectivity index (χ3n) is 2.64. The van der Waals surface area contributed by atoms with Gasteiger partial charge in [-0.3, -0.25) is 0 Å². The summed E-state index contributed by atoms with van der Waals surface area (Å²) in [6, 6.07) is 7.65. The quantitative estimate of drug-likeness (QED) is 0.799. The molecule has 4 heteroatoms. The van der Waals surface area contributed by atoms with Gasteiger partial charge in [0.25, 0.3) is 0 Å². The van der Waals surface area contributed by atoms with Crippen molar-refractivity contribution < 1.29 is 19.7 Å². The summed E-state index contributed by atoms with van der Waals surface area (Å²) in [7, 11) is 0. The number of rotatable bonds is 3. The van der Waals surface area contributed by atoms with Crippen molar-refractivity contribution in [3.05, 3.63) is 29.8 Å². The minimum atomic E-state index is -0.874. The zero-order valence-corrected chi connectivity index (χ0v) is 9.17. The highest BCUT2D eigenvalue weighted by atomic mass is 16.6. The fourth-order valence-corrected chi connectivity index (χ4v) is 1.67. The molecule has 1 aliphatic rings. The smallest absolute Gasteiger partial charge is 0.157 e. The topological polar surface area (TPSA) is 58.9 Å². The van der Waals surface area contributed by atoms with Gasteiger partial charge in [-0.1, -0.05) is 17.7 Å². The first-order valence-electron chi connectivity index (χ1n) is 5.36. The molecule has 0 radical (unpaired) electrons. The van der Waals surface area contributed by atoms with Crippen molar-refractivity contribution in [3.8, 4) is 5.75 Å². The molecule has 16 heavy (non-hydrogen) atoms. The lowest BCUT2D eigenvalue weighted by molar-refractivity contribution is -0.104. The second-order valence-electron chi connectivity index (χ2n) is 4.06. The largest absolute Gasteiger partial charge is 0.491 e. The number of hydrogen-bond acceptors (Lipinski definition) is 4. The number of benzene rings is 1. The highest BCUT2D eigenvalue weighted by Crippen LogP contribution is 2.20. The first-order valence-corrected chi connectivity index (χ1v) is 5.36. The van der Waals surface area contributed by atoms with Gasteiger partial charge >= 0.3 is 0 Å². The van der Waals surface area contributed by atoms with E-state index in [1.807, 2.05) is 31.2 Å². The van der Waals surface area contributed by atoms with Crippen LogP contribution in [0.25, 0.3) is 0 Å². The summed E-state index contributed by atoms with van der Waals surface area (Å²) in [4.78, 5) is 0. The third kappa shape index (κ3) is 2.72. The van der Waals surface area contributed by atoms with Gasteiger partial charge in [-0.25, -0.2) is 0 Å². The summed E-state index contributed by atoms with van der Waals surface area (Å²) >= 11 is 0. The standard InChI is InChI=1S/C12H16O4/c1-8-2-4-9(5-3-8)15-7-11-10(13)6-12(14)16-11/h2-5,10-14H,6-7H2,1H3/t10-,11+,12?/m0/s1. The monoisotopic (exact) mass is 224 g/mol. The van der Waals surface area contributed by atoms with E-state index in [4.69, 9.17) is 14.6 Å². The average Bonchev–Trinajstić information content (AvgIpc) is 2.57. The van der Waals surface area contributed by atoms with Crippen molar-refractivity contribution in [1.29, 1.82) is 0 Å². The minimum absolute atomic E-state index is 0.251. The summed E-state index contributed by atoms with van der Waals surface area (Å²) in [6.45, 7) is 2.26. The highest BCUT2D eigenvalue weighted by Gasteiger charge is 2.33. The normalized spacial score (nSPS) is 29.3. The number of aryl methyl sites for hydroxylation is 1. The molecule has 1 aromatic carbocycles. The van der Waals surface area contributed by atoms with Gasteiger partial charge in [0.05, 0.1) is 6.10 Å². The molecule has 1 aromatic rings. The Morgan fingerprint density at radius 3 is 2.56 bits per heavy atom. The molecule has 1 aliphatic heterocycles. The second kappa shape index (κ2) is 4.82. The Balaban J connectivity index is 1.85. The Hall–Kier alpha value is -1.10. The van der Waals surface area contributed by atoms with E-state index in [2.05, 4.69) is 0 Å². The van der Waals surface area contributed by atoms with Gasteiger partial charge in [-0.2, -0.15) is 0 Å². The van der Waals surface area contributed by atoms with E-state index in [1.165, 1.54) is 5.56 Å². The predicted octanol–water partition coefficient (Wildman–Crippen LogP) is 0.842. The molecule has 88 valence electrons. The molecule has 0 saturated carbocycles. The van der Waals surface area contributed by atoms with Crippen LogP contribution in [0.5, 0.6) is 5.75 Å². The van der Waals surface area contributed by atoms with Gasteiger partial charge in [-0.05, 0) is 19.1 Å². The van der Waals surface area contributed by atoms with Crippen LogP contribution in [-0.4, -0.2) is 35.3 Å². The Morgan fingerprint density at radius 2 is 2.00 bits per heavy atom. The lowest BCUT2D eigenvalue weighted by atomic mass is 10.2. The highest BCUT2D eigenvalue weighted by molar-refractivity contribution is 5.26. The van der Waals surface area contributed by atoms with E-state index in [9.17, 15) is 5.11 Å². The number of aliphatic hydroxyl groups is 2. The Morgan fingerprint density at radius 1 is 1.31 bits per heavy atom. The second-order valence-corrected chi connectivity index (χ2v) is 4.06. The zero-order valence-electron chi connectivity index (χ0n) is 9.17. The molecule has 0 spiro atoms. The molecule has 0 bridgehead atoms. The van der Waals surface area contributed by atoms with Gasteiger partial charge in [-0.15, -0.1) is 0 Å². The molecule has 1 unspecified atom stereocenters. The van der Waals surface area contributed by atoms with Crippen LogP contribution in [0.3, 0.4) is 0 Å². The maximum atomic E-state index is 9.52. The molecule has 1 saturated heterocycles. The van der Waals surface area contributed by atoms with Crippen molar-refractivity contribution in [2.45, 2.75) is 31.8 Å². The van der Waals surface area contributed by atoms with Crippen molar-refractivity contribution in [2.24, 2.45) is 0 Å². The molecular weight excluding hydrogens is 208 g/mol. The minimum Gasteiger partial charge on any atom is -0.491 e. The summed E-state index contributed by atoms with van der Waals surface area (Å²) < 4.78 is 10.6. The van der Waals surface area contributed by atoms with Gasteiger partial charge in [0.2, 0.25) is 0 Å². The molecule has 0 aromatic heterocycles. The van der Waals surface area contributed by atoms with E-state index in [0.29, 0.717) is 0 Å². The Labute approximate surface area is 94.4 Å². The summed E-state index contributed by atoms with van der Waals surface area (Å²) in [6.07, 6.45) is -1.72. The number of ether oxygens (including phenoxy) is 2. The Kier molecular flexibility index (Phi) is 3.43. The fraction of sp³-hybridized carbons (Fsp3) is 0.500. The molecule has 3 atom stereocenters. The molecule has 0 amide bonds. The predicted molar refractivity (Wildman–Crippen MR) is 58.2 cm³/mol. The molecule has 2 N–H and O–H groups in total. The molecule has 4 nitrogen and oxygen atoms in total. The van der Waals surface area contributed by atoms with Crippen LogP contribution in [0.4, 0.5) is 0 Å². The van der Waals surface area contributed by atoms with Crippen LogP contribution in [0.2, 0.25) is 0 Å². The van der Waals surface area contributed by atoms with E-state index < -0.39 is 18.5 Å². The summed E-state index contributed by atoms with van der Waals surface area (Å²) in [5.74, 6) is 0.739. The van der Waals surface area contributed by atoms with Crippen LogP contribution in [0.1, 0.15) is 12.0 Å². The van der Waals surface area contributed by atoms with Crippen molar-refractivity contribution in [1.82, 2.24) is 0 Å². The van der Waals surface area contributed by atoms with E-state index in [-0.39, 0.29) is 13.0 Å². The van der Waals surface area contributed by atoms with Crippen LogP contribution in [0, 0.1) is 6.92 Å². The van der Waals surface area contributed by atoms with Gasteiger partial charge in [0.1, 0.15) is 18.5 Å². The Bertz CT molecular complexity index is 335. The molecule has 0 aliphatic carbocycles. The van der Waals surface area contributed by atoms with Gasteiger partial charge in [0.15, 0.2) is 6.29 Å². The molecular formula is C12H16O4. The zero-order chi connectivity index (χ0) is 11.5. The van der Waals surface area contributed by atoms with Gasteiger partial charge in [0, 0.05) is 6.42 Å². The van der Waals surface area contributed by atoms with E-state index in [0.717, 1.165) is 5.75 Å². The molecule has 1 fully saturated rings. The SMILES string of the molecule is Cc1ccc(OC[C@H]2OC(O)C[C@@H]2O)cc1. The number of hydrogen-bond donors (Lipinski definition) is 2. The lowest BCUT2D eigenvalue weighted by Gasteiger charge is -2.14. The van der Waals surface area contributed by atoms with Crippen molar-refractivity contribution >= 4 is 0 Å². The third-order valence-corrected chi connectivity index (χ3v) is 2.64. The first kappa shape index (κ1) is 11.4. The van der Waals surface area contributed by atoms with Crippen LogP contribution in [0.15, 0.2) is 24.3 Å². The maximum absolute atomic E-state index is 9.52. The van der Waals surface area contributed by atoms with Crippen LogP contribution < -0.4 is 4.74 Å². The summed E-state index contributed by atoms with van der Waals surface area (Å²) in [5, 5.41) is 18.7. The van der Waals surface area contributed by atoms with Crippen LogP contribution in [-0.2, 0) is 4.74 Å². The fourth-order valence-electron chi connectivity index (χ4n) is 1.67. The average molecular weight is 224 g/mol. The number of aliphatic hydroxyl groups excluding tert-OH is 2. The van der Waals surface area contributed by atoms with Crippen LogP contribution >= 0.6 is 0 Å². The van der Waals surface area contributed by atoms with E-state index >= 15 is 0 Å². The lowest BCUT2D eigenvalue weighted by Crippen LogP contribution is -2.28. The van der Waals surface area contributed by atoms with Crippen molar-refractivity contribution in [3.63, 3.8) is 0 Å². The van der Waals surface area contributed by atoms with Crippen molar-refractivity contribution in [2.75, 3.05) is 6.61 Å². The maximum Gasteiger partial charge on any atom is 0.157 e.